The van der Waals surface area contributed by atoms with Crippen molar-refractivity contribution in [3.63, 3.8) is 0 Å². The third-order valence-corrected chi connectivity index (χ3v) is 4.63. The number of hydrogen-bond acceptors (Lipinski definition) is 1. The van der Waals surface area contributed by atoms with Crippen LogP contribution in [-0.4, -0.2) is 12.7 Å². The van der Waals surface area contributed by atoms with Crippen molar-refractivity contribution in [2.45, 2.75) is 31.8 Å². The van der Waals surface area contributed by atoms with E-state index in [1.54, 1.807) is 0 Å². The van der Waals surface area contributed by atoms with Crippen molar-refractivity contribution in [2.24, 2.45) is 23.7 Å². The summed E-state index contributed by atoms with van der Waals surface area (Å²) in [5.41, 5.74) is 0.285. The molecule has 1 heteroatoms. The minimum Gasteiger partial charge on any atom is -0.378 e. The van der Waals surface area contributed by atoms with Gasteiger partial charge in [-0.3, -0.25) is 0 Å². The zero-order valence-corrected chi connectivity index (χ0v) is 7.34. The Labute approximate surface area is 68.1 Å². The number of fused-ring (bicyclic) bond motifs is 5. The number of methoxy groups -OCH3 is 1. The van der Waals surface area contributed by atoms with Gasteiger partial charge in [-0.05, 0) is 49.9 Å². The van der Waals surface area contributed by atoms with Gasteiger partial charge in [0.05, 0.1) is 5.60 Å². The molecule has 0 heterocycles. The third kappa shape index (κ3) is 0.547. The van der Waals surface area contributed by atoms with Gasteiger partial charge < -0.3 is 4.74 Å². The highest BCUT2D eigenvalue weighted by molar-refractivity contribution is 5.17. The highest BCUT2D eigenvalue weighted by atomic mass is 16.5. The van der Waals surface area contributed by atoms with Crippen LogP contribution in [0.25, 0.3) is 0 Å². The van der Waals surface area contributed by atoms with Crippen LogP contribution in [0.2, 0.25) is 0 Å². The zero-order chi connectivity index (χ0) is 7.64. The van der Waals surface area contributed by atoms with Crippen molar-refractivity contribution in [2.75, 3.05) is 7.11 Å². The van der Waals surface area contributed by atoms with Crippen LogP contribution < -0.4 is 0 Å². The lowest BCUT2D eigenvalue weighted by Crippen LogP contribution is -2.35. The van der Waals surface area contributed by atoms with Crippen LogP contribution >= 0.6 is 0 Å². The average Bonchev–Trinajstić information content (AvgIpc) is 2.71. The summed E-state index contributed by atoms with van der Waals surface area (Å²) in [6.45, 7) is 2.33. The molecule has 0 aromatic rings. The van der Waals surface area contributed by atoms with E-state index in [0.29, 0.717) is 0 Å². The molecule has 0 radical (unpaired) electrons. The molecular weight excluding hydrogens is 136 g/mol. The van der Waals surface area contributed by atoms with Crippen molar-refractivity contribution in [3.05, 3.63) is 0 Å². The maximum absolute atomic E-state index is 5.69. The van der Waals surface area contributed by atoms with Crippen LogP contribution in [0.4, 0.5) is 0 Å². The van der Waals surface area contributed by atoms with Gasteiger partial charge in [0.1, 0.15) is 0 Å². The smallest absolute Gasteiger partial charge is 0.0712 e. The van der Waals surface area contributed by atoms with E-state index in [-0.39, 0.29) is 5.60 Å². The molecule has 1 unspecified atom stereocenters. The predicted octanol–water partition coefficient (Wildman–Crippen LogP) is 2.07. The van der Waals surface area contributed by atoms with Gasteiger partial charge in [-0.2, -0.15) is 0 Å². The maximum Gasteiger partial charge on any atom is 0.0712 e. The van der Waals surface area contributed by atoms with E-state index in [0.717, 1.165) is 23.7 Å². The molecule has 3 saturated carbocycles. The Morgan fingerprint density at radius 1 is 1.18 bits per heavy atom. The van der Waals surface area contributed by atoms with Crippen LogP contribution in [0.3, 0.4) is 0 Å². The Balaban J connectivity index is 1.99. The highest BCUT2D eigenvalue weighted by Crippen LogP contribution is 2.70. The van der Waals surface area contributed by atoms with Crippen molar-refractivity contribution >= 4 is 0 Å². The Hall–Kier alpha value is -0.0400. The van der Waals surface area contributed by atoms with E-state index < -0.39 is 0 Å². The number of hydrogen-bond donors (Lipinski definition) is 0. The van der Waals surface area contributed by atoms with Crippen molar-refractivity contribution in [1.29, 1.82) is 0 Å². The quantitative estimate of drug-likeness (QED) is 0.559. The molecule has 3 fully saturated rings. The molecule has 0 aliphatic heterocycles. The first-order chi connectivity index (χ1) is 5.27. The van der Waals surface area contributed by atoms with Gasteiger partial charge in [-0.15, -0.1) is 0 Å². The molecule has 0 amide bonds. The molecule has 62 valence electrons. The van der Waals surface area contributed by atoms with E-state index in [1.165, 1.54) is 19.3 Å². The SMILES string of the molecule is COC1(C)[C@H]2CC[C@H]1[C@H]1C[C@H]12. The summed E-state index contributed by atoms with van der Waals surface area (Å²) < 4.78 is 5.69. The molecule has 11 heavy (non-hydrogen) atoms. The topological polar surface area (TPSA) is 9.23 Å². The predicted molar refractivity (Wildman–Crippen MR) is 43.2 cm³/mol. The van der Waals surface area contributed by atoms with Crippen LogP contribution in [0.5, 0.6) is 0 Å². The molecule has 0 aromatic carbocycles. The van der Waals surface area contributed by atoms with Crippen LogP contribution in [0.1, 0.15) is 26.2 Å². The molecular formula is C10H16O. The number of ether oxygens (including phenoxy) is 1. The highest BCUT2D eigenvalue weighted by Gasteiger charge is 2.68. The minimum atomic E-state index is 0.285. The lowest BCUT2D eigenvalue weighted by atomic mass is 9.88. The Kier molecular flexibility index (Phi) is 0.976. The van der Waals surface area contributed by atoms with Gasteiger partial charge in [-0.25, -0.2) is 0 Å². The summed E-state index contributed by atoms with van der Waals surface area (Å²) in [5, 5.41) is 0. The van der Waals surface area contributed by atoms with Crippen LogP contribution in [-0.2, 0) is 4.74 Å². The fourth-order valence-corrected chi connectivity index (χ4v) is 3.95. The molecule has 5 atom stereocenters. The summed E-state index contributed by atoms with van der Waals surface area (Å²) in [6.07, 6.45) is 4.40. The minimum absolute atomic E-state index is 0.285. The Bertz CT molecular complexity index is 183. The van der Waals surface area contributed by atoms with Crippen molar-refractivity contribution in [1.82, 2.24) is 0 Å². The zero-order valence-electron chi connectivity index (χ0n) is 7.34. The molecule has 0 saturated heterocycles. The third-order valence-electron chi connectivity index (χ3n) is 4.63. The molecule has 0 spiro atoms. The summed E-state index contributed by atoms with van der Waals surface area (Å²) in [6, 6.07) is 0. The standard InChI is InChI=1S/C10H16O/c1-10(11-2)8-3-4-9(10)7-5-6(7)8/h6-9H,3-5H2,1-2H3/t6-,7+,8-,9-,10?/m0/s1. The van der Waals surface area contributed by atoms with E-state index in [2.05, 4.69) is 6.92 Å². The van der Waals surface area contributed by atoms with Gasteiger partial charge >= 0.3 is 0 Å². The normalized spacial score (nSPS) is 64.9. The van der Waals surface area contributed by atoms with Gasteiger partial charge in [0.15, 0.2) is 0 Å². The van der Waals surface area contributed by atoms with Gasteiger partial charge in [0.25, 0.3) is 0 Å². The summed E-state index contributed by atoms with van der Waals surface area (Å²) in [7, 11) is 1.90. The van der Waals surface area contributed by atoms with E-state index >= 15 is 0 Å². The van der Waals surface area contributed by atoms with Crippen molar-refractivity contribution < 1.29 is 4.74 Å². The summed E-state index contributed by atoms with van der Waals surface area (Å²) in [4.78, 5) is 0. The monoisotopic (exact) mass is 152 g/mol. The second-order valence-corrected chi connectivity index (χ2v) is 4.74. The Morgan fingerprint density at radius 2 is 1.73 bits per heavy atom. The Morgan fingerprint density at radius 3 is 2.09 bits per heavy atom. The van der Waals surface area contributed by atoms with E-state index in [9.17, 15) is 0 Å². The molecule has 1 nitrogen and oxygen atoms in total. The first-order valence-electron chi connectivity index (χ1n) is 4.82. The summed E-state index contributed by atoms with van der Waals surface area (Å²) >= 11 is 0. The lowest BCUT2D eigenvalue weighted by molar-refractivity contribution is -0.0456. The van der Waals surface area contributed by atoms with E-state index in [1.807, 2.05) is 7.11 Å². The second kappa shape index (κ2) is 1.66. The fraction of sp³-hybridized carbons (Fsp3) is 1.00. The van der Waals surface area contributed by atoms with Gasteiger partial charge in [-0.1, -0.05) is 0 Å². The molecule has 0 aromatic heterocycles. The molecule has 2 bridgehead atoms. The molecule has 0 N–H and O–H groups in total. The fourth-order valence-electron chi connectivity index (χ4n) is 3.95. The molecule has 3 aliphatic carbocycles. The molecule has 3 aliphatic rings. The van der Waals surface area contributed by atoms with Gasteiger partial charge in [0, 0.05) is 7.11 Å². The first kappa shape index (κ1) is 6.47. The number of rotatable bonds is 1. The van der Waals surface area contributed by atoms with Gasteiger partial charge in [0.2, 0.25) is 0 Å². The largest absolute Gasteiger partial charge is 0.378 e. The second-order valence-electron chi connectivity index (χ2n) is 4.74. The summed E-state index contributed by atoms with van der Waals surface area (Å²) in [5.74, 6) is 3.97. The lowest BCUT2D eigenvalue weighted by Gasteiger charge is -2.31. The van der Waals surface area contributed by atoms with Crippen LogP contribution in [0, 0.1) is 23.7 Å². The average molecular weight is 152 g/mol. The first-order valence-corrected chi connectivity index (χ1v) is 4.82. The van der Waals surface area contributed by atoms with Crippen LogP contribution in [0.15, 0.2) is 0 Å². The van der Waals surface area contributed by atoms with E-state index in [4.69, 9.17) is 4.74 Å². The molecule has 3 rings (SSSR count). The van der Waals surface area contributed by atoms with Crippen molar-refractivity contribution in [3.8, 4) is 0 Å². The maximum atomic E-state index is 5.69.